The first-order valence-corrected chi connectivity index (χ1v) is 6.69. The topological polar surface area (TPSA) is 72.2 Å². The van der Waals surface area contributed by atoms with Crippen molar-refractivity contribution < 1.29 is 4.92 Å². The van der Waals surface area contributed by atoms with Crippen molar-refractivity contribution in [2.24, 2.45) is 0 Å². The third-order valence-corrected chi connectivity index (χ3v) is 4.01. The highest BCUT2D eigenvalue weighted by atomic mass is 35.5. The van der Waals surface area contributed by atoms with Crippen LogP contribution in [0, 0.1) is 10.1 Å². The van der Waals surface area contributed by atoms with Crippen LogP contribution in [0.15, 0.2) is 23.7 Å². The number of aromatic nitrogens is 2. The van der Waals surface area contributed by atoms with Crippen LogP contribution in [0.5, 0.6) is 0 Å². The highest BCUT2D eigenvalue weighted by molar-refractivity contribution is 7.10. The van der Waals surface area contributed by atoms with Gasteiger partial charge in [-0.2, -0.15) is 4.98 Å². The average Bonchev–Trinajstić information content (AvgIpc) is 2.90. The molecule has 2 rings (SSSR count). The Morgan fingerprint density at radius 2 is 2.32 bits per heavy atom. The van der Waals surface area contributed by atoms with E-state index in [9.17, 15) is 10.1 Å². The van der Waals surface area contributed by atoms with E-state index in [0.29, 0.717) is 0 Å². The van der Waals surface area contributed by atoms with Gasteiger partial charge in [0.2, 0.25) is 11.1 Å². The van der Waals surface area contributed by atoms with Gasteiger partial charge in [-0.25, -0.2) is 4.98 Å². The Morgan fingerprint density at radius 1 is 1.58 bits per heavy atom. The lowest BCUT2D eigenvalue weighted by Crippen LogP contribution is -2.23. The molecule has 0 aliphatic heterocycles. The SMILES string of the molecule is CC(c1cccs1)N(C)c1nc(Cl)ncc1[N+](=O)[O-]. The highest BCUT2D eigenvalue weighted by Gasteiger charge is 2.24. The van der Waals surface area contributed by atoms with Gasteiger partial charge in [0.25, 0.3) is 0 Å². The van der Waals surface area contributed by atoms with Crippen molar-refractivity contribution in [3.8, 4) is 0 Å². The third kappa shape index (κ3) is 2.82. The fraction of sp³-hybridized carbons (Fsp3) is 0.273. The number of nitro groups is 1. The maximum Gasteiger partial charge on any atom is 0.329 e. The molecule has 0 fully saturated rings. The molecule has 0 saturated carbocycles. The van der Waals surface area contributed by atoms with Crippen LogP contribution in [0.3, 0.4) is 0 Å². The van der Waals surface area contributed by atoms with Gasteiger partial charge in [-0.15, -0.1) is 11.3 Å². The minimum absolute atomic E-state index is 0.00849. The number of anilines is 1. The van der Waals surface area contributed by atoms with Gasteiger partial charge < -0.3 is 4.90 Å². The van der Waals surface area contributed by atoms with E-state index in [4.69, 9.17) is 11.6 Å². The molecular weight excluding hydrogens is 288 g/mol. The van der Waals surface area contributed by atoms with Crippen LogP contribution in [0.4, 0.5) is 11.5 Å². The minimum Gasteiger partial charge on any atom is -0.346 e. The molecule has 0 aromatic carbocycles. The normalized spacial score (nSPS) is 12.2. The van der Waals surface area contributed by atoms with Crippen molar-refractivity contribution in [1.82, 2.24) is 9.97 Å². The minimum atomic E-state index is -0.511. The van der Waals surface area contributed by atoms with Gasteiger partial charge in [0.1, 0.15) is 6.20 Å². The Hall–Kier alpha value is -1.73. The molecule has 0 radical (unpaired) electrons. The predicted octanol–water partition coefficient (Wildman–Crippen LogP) is 3.30. The first-order valence-electron chi connectivity index (χ1n) is 5.44. The summed E-state index contributed by atoms with van der Waals surface area (Å²) < 4.78 is 0. The lowest BCUT2D eigenvalue weighted by molar-refractivity contribution is -0.384. The second-order valence-electron chi connectivity index (χ2n) is 3.91. The van der Waals surface area contributed by atoms with Crippen LogP contribution in [0.2, 0.25) is 5.28 Å². The van der Waals surface area contributed by atoms with E-state index in [1.165, 1.54) is 0 Å². The third-order valence-electron chi connectivity index (χ3n) is 2.79. The standard InChI is InChI=1S/C11H11ClN4O2S/c1-7(9-4-3-5-19-9)15(2)10-8(16(17)18)6-13-11(12)14-10/h3-7H,1-2H3. The summed E-state index contributed by atoms with van der Waals surface area (Å²) in [6.07, 6.45) is 1.13. The van der Waals surface area contributed by atoms with Crippen molar-refractivity contribution >= 4 is 34.4 Å². The molecule has 6 nitrogen and oxygen atoms in total. The zero-order chi connectivity index (χ0) is 14.0. The van der Waals surface area contributed by atoms with E-state index in [1.54, 1.807) is 23.3 Å². The lowest BCUT2D eigenvalue weighted by atomic mass is 10.2. The summed E-state index contributed by atoms with van der Waals surface area (Å²) >= 11 is 7.31. The first-order chi connectivity index (χ1) is 9.00. The Kier molecular flexibility index (Phi) is 3.96. The Bertz CT molecular complexity index is 590. The largest absolute Gasteiger partial charge is 0.346 e. The molecule has 0 amide bonds. The number of rotatable bonds is 4. The van der Waals surface area contributed by atoms with E-state index in [-0.39, 0.29) is 22.8 Å². The van der Waals surface area contributed by atoms with Gasteiger partial charge >= 0.3 is 5.69 Å². The Balaban J connectivity index is 2.40. The Labute approximate surface area is 118 Å². The molecule has 0 spiro atoms. The quantitative estimate of drug-likeness (QED) is 0.492. The smallest absolute Gasteiger partial charge is 0.329 e. The summed E-state index contributed by atoms with van der Waals surface area (Å²) in [4.78, 5) is 20.9. The van der Waals surface area contributed by atoms with E-state index in [1.807, 2.05) is 24.4 Å². The maximum atomic E-state index is 11.0. The molecule has 2 aromatic heterocycles. The summed E-state index contributed by atoms with van der Waals surface area (Å²) in [6, 6.07) is 3.87. The number of thiophene rings is 1. The lowest BCUT2D eigenvalue weighted by Gasteiger charge is -2.24. The number of hydrogen-bond donors (Lipinski definition) is 0. The molecule has 0 saturated heterocycles. The Morgan fingerprint density at radius 3 is 2.89 bits per heavy atom. The molecule has 1 unspecified atom stereocenters. The second-order valence-corrected chi connectivity index (χ2v) is 5.22. The monoisotopic (exact) mass is 298 g/mol. The van der Waals surface area contributed by atoms with Gasteiger partial charge in [-0.05, 0) is 30.0 Å². The van der Waals surface area contributed by atoms with Crippen LogP contribution in [0.25, 0.3) is 0 Å². The van der Waals surface area contributed by atoms with Gasteiger partial charge in [0, 0.05) is 11.9 Å². The summed E-state index contributed by atoms with van der Waals surface area (Å²) in [5.41, 5.74) is -0.157. The summed E-state index contributed by atoms with van der Waals surface area (Å²) in [6.45, 7) is 1.95. The zero-order valence-electron chi connectivity index (χ0n) is 10.3. The van der Waals surface area contributed by atoms with Crippen molar-refractivity contribution in [1.29, 1.82) is 0 Å². The molecule has 8 heteroatoms. The summed E-state index contributed by atoms with van der Waals surface area (Å²) in [5.74, 6) is 0.214. The summed E-state index contributed by atoms with van der Waals surface area (Å²) in [5, 5.41) is 13.0. The van der Waals surface area contributed by atoms with Crippen molar-refractivity contribution in [2.45, 2.75) is 13.0 Å². The molecule has 100 valence electrons. The number of nitrogens with zero attached hydrogens (tertiary/aromatic N) is 4. The van der Waals surface area contributed by atoms with Crippen LogP contribution in [0.1, 0.15) is 17.8 Å². The maximum absolute atomic E-state index is 11.0. The van der Waals surface area contributed by atoms with E-state index in [2.05, 4.69) is 9.97 Å². The number of halogens is 1. The molecule has 0 aliphatic rings. The fourth-order valence-corrected chi connectivity index (χ4v) is 2.59. The van der Waals surface area contributed by atoms with Gasteiger partial charge in [-0.1, -0.05) is 6.07 Å². The van der Waals surface area contributed by atoms with E-state index >= 15 is 0 Å². The average molecular weight is 299 g/mol. The molecule has 0 N–H and O–H groups in total. The van der Waals surface area contributed by atoms with Gasteiger partial charge in [0.15, 0.2) is 0 Å². The van der Waals surface area contributed by atoms with Crippen LogP contribution in [-0.4, -0.2) is 21.9 Å². The zero-order valence-corrected chi connectivity index (χ0v) is 11.9. The molecular formula is C11H11ClN4O2S. The van der Waals surface area contributed by atoms with Crippen LogP contribution >= 0.6 is 22.9 Å². The van der Waals surface area contributed by atoms with E-state index < -0.39 is 4.92 Å². The fourth-order valence-electron chi connectivity index (χ4n) is 1.64. The molecule has 2 aromatic rings. The predicted molar refractivity (Wildman–Crippen MR) is 74.8 cm³/mol. The highest BCUT2D eigenvalue weighted by Crippen LogP contribution is 2.32. The van der Waals surface area contributed by atoms with E-state index in [0.717, 1.165) is 11.1 Å². The summed E-state index contributed by atoms with van der Waals surface area (Å²) in [7, 11) is 1.75. The molecule has 0 aliphatic carbocycles. The van der Waals surface area contributed by atoms with Crippen molar-refractivity contribution in [3.63, 3.8) is 0 Å². The van der Waals surface area contributed by atoms with Crippen LogP contribution in [-0.2, 0) is 0 Å². The van der Waals surface area contributed by atoms with Crippen molar-refractivity contribution in [3.05, 3.63) is 44.0 Å². The first kappa shape index (κ1) is 13.7. The molecule has 19 heavy (non-hydrogen) atoms. The van der Waals surface area contributed by atoms with Crippen molar-refractivity contribution in [2.75, 3.05) is 11.9 Å². The number of hydrogen-bond acceptors (Lipinski definition) is 6. The second kappa shape index (κ2) is 5.50. The molecule has 2 heterocycles. The van der Waals surface area contributed by atoms with Gasteiger partial charge in [0.05, 0.1) is 11.0 Å². The van der Waals surface area contributed by atoms with Gasteiger partial charge in [-0.3, -0.25) is 10.1 Å². The molecule has 1 atom stereocenters. The molecule has 0 bridgehead atoms. The van der Waals surface area contributed by atoms with Crippen LogP contribution < -0.4 is 4.90 Å².